The third-order valence-electron chi connectivity index (χ3n) is 3.37. The molecule has 0 aromatic heterocycles. The van der Waals surface area contributed by atoms with Gasteiger partial charge in [0.1, 0.15) is 5.75 Å². The number of ether oxygens (including phenoxy) is 1. The van der Waals surface area contributed by atoms with Gasteiger partial charge in [0.25, 0.3) is 0 Å². The maximum atomic E-state index is 12.1. The Morgan fingerprint density at radius 2 is 2.15 bits per heavy atom. The van der Waals surface area contributed by atoms with Crippen LogP contribution in [0.1, 0.15) is 26.7 Å². The van der Waals surface area contributed by atoms with E-state index in [-0.39, 0.29) is 11.8 Å². The summed E-state index contributed by atoms with van der Waals surface area (Å²) in [4.78, 5) is 12.1. The van der Waals surface area contributed by atoms with E-state index >= 15 is 0 Å². The molecule has 4 heteroatoms. The average Bonchev–Trinajstić information content (AvgIpc) is 2.47. The van der Waals surface area contributed by atoms with Crippen LogP contribution in [0.4, 0.5) is 5.69 Å². The number of benzene rings is 1. The molecule has 1 aliphatic heterocycles. The van der Waals surface area contributed by atoms with Crippen molar-refractivity contribution in [3.8, 4) is 5.75 Å². The third-order valence-corrected chi connectivity index (χ3v) is 3.37. The molecular formula is C16H24N2O2. The Hall–Kier alpha value is -1.55. The summed E-state index contributed by atoms with van der Waals surface area (Å²) in [6, 6.07) is 7.59. The summed E-state index contributed by atoms with van der Waals surface area (Å²) in [7, 11) is 0. The molecule has 0 saturated carbocycles. The maximum Gasteiger partial charge on any atom is 0.228 e. The number of piperidine rings is 1. The zero-order valence-corrected chi connectivity index (χ0v) is 12.3. The summed E-state index contributed by atoms with van der Waals surface area (Å²) in [6.07, 6.45) is 2.04. The second-order valence-corrected chi connectivity index (χ2v) is 5.76. The fourth-order valence-corrected chi connectivity index (χ4v) is 2.22. The number of hydrogen-bond acceptors (Lipinski definition) is 3. The highest BCUT2D eigenvalue weighted by molar-refractivity contribution is 5.92. The lowest BCUT2D eigenvalue weighted by molar-refractivity contribution is -0.120. The molecule has 1 unspecified atom stereocenters. The number of hydrogen-bond donors (Lipinski definition) is 2. The van der Waals surface area contributed by atoms with Crippen LogP contribution in [0.15, 0.2) is 24.3 Å². The summed E-state index contributed by atoms with van der Waals surface area (Å²) in [6.45, 7) is 6.74. The number of rotatable bonds is 5. The van der Waals surface area contributed by atoms with E-state index in [1.54, 1.807) is 0 Å². The highest BCUT2D eigenvalue weighted by atomic mass is 16.5. The molecule has 1 saturated heterocycles. The van der Waals surface area contributed by atoms with Crippen LogP contribution in [0.2, 0.25) is 0 Å². The van der Waals surface area contributed by atoms with Crippen LogP contribution in [0.5, 0.6) is 5.75 Å². The Balaban J connectivity index is 1.84. The first kappa shape index (κ1) is 14.9. The highest BCUT2D eigenvalue weighted by Gasteiger charge is 2.20. The summed E-state index contributed by atoms with van der Waals surface area (Å²) >= 11 is 0. The zero-order valence-electron chi connectivity index (χ0n) is 12.3. The summed E-state index contributed by atoms with van der Waals surface area (Å²) in [5.41, 5.74) is 0.831. The molecule has 4 nitrogen and oxygen atoms in total. The smallest absolute Gasteiger partial charge is 0.228 e. The molecule has 1 amide bonds. The molecule has 1 aromatic rings. The van der Waals surface area contributed by atoms with Crippen LogP contribution in [-0.4, -0.2) is 25.6 Å². The van der Waals surface area contributed by atoms with Crippen molar-refractivity contribution in [3.05, 3.63) is 24.3 Å². The van der Waals surface area contributed by atoms with Gasteiger partial charge in [-0.15, -0.1) is 0 Å². The number of nitrogens with one attached hydrogen (secondary N) is 2. The normalized spacial score (nSPS) is 18.9. The van der Waals surface area contributed by atoms with Gasteiger partial charge in [-0.05, 0) is 49.6 Å². The lowest BCUT2D eigenvalue weighted by atomic mass is 9.99. The Bertz CT molecular complexity index is 423. The van der Waals surface area contributed by atoms with Gasteiger partial charge >= 0.3 is 0 Å². The second kappa shape index (κ2) is 7.29. The molecule has 1 atom stereocenters. The fraction of sp³-hybridized carbons (Fsp3) is 0.562. The van der Waals surface area contributed by atoms with Crippen LogP contribution in [0, 0.1) is 11.8 Å². The molecule has 1 fully saturated rings. The summed E-state index contributed by atoms with van der Waals surface area (Å²) in [5, 5.41) is 6.23. The average molecular weight is 276 g/mol. The summed E-state index contributed by atoms with van der Waals surface area (Å²) < 4.78 is 5.62. The minimum absolute atomic E-state index is 0.0839. The number of carbonyl (C=O) groups excluding carboxylic acids is 1. The molecule has 0 radical (unpaired) electrons. The first-order chi connectivity index (χ1) is 9.65. The number of amides is 1. The predicted molar refractivity (Wildman–Crippen MR) is 81.0 cm³/mol. The van der Waals surface area contributed by atoms with Crippen LogP contribution < -0.4 is 15.4 Å². The monoisotopic (exact) mass is 276 g/mol. The van der Waals surface area contributed by atoms with Crippen molar-refractivity contribution in [1.82, 2.24) is 5.32 Å². The SMILES string of the molecule is CC(C)COc1ccc(NC(=O)C2CCCNC2)cc1. The minimum Gasteiger partial charge on any atom is -0.493 e. The predicted octanol–water partition coefficient (Wildman–Crippen LogP) is 2.66. The van der Waals surface area contributed by atoms with E-state index in [1.807, 2.05) is 24.3 Å². The van der Waals surface area contributed by atoms with Gasteiger partial charge in [-0.25, -0.2) is 0 Å². The minimum atomic E-state index is 0.0839. The number of anilines is 1. The van der Waals surface area contributed by atoms with E-state index in [0.717, 1.165) is 37.4 Å². The van der Waals surface area contributed by atoms with Crippen LogP contribution in [0.25, 0.3) is 0 Å². The molecule has 110 valence electrons. The van der Waals surface area contributed by atoms with Crippen LogP contribution in [-0.2, 0) is 4.79 Å². The van der Waals surface area contributed by atoms with Gasteiger partial charge in [0, 0.05) is 12.2 Å². The van der Waals surface area contributed by atoms with Crippen molar-refractivity contribution in [2.24, 2.45) is 11.8 Å². The Morgan fingerprint density at radius 1 is 1.40 bits per heavy atom. The molecular weight excluding hydrogens is 252 g/mol. The molecule has 1 aliphatic rings. The van der Waals surface area contributed by atoms with E-state index in [4.69, 9.17) is 4.74 Å². The quantitative estimate of drug-likeness (QED) is 0.869. The fourth-order valence-electron chi connectivity index (χ4n) is 2.22. The standard InChI is InChI=1S/C16H24N2O2/c1-12(2)11-20-15-7-5-14(6-8-15)18-16(19)13-4-3-9-17-10-13/h5-8,12-13,17H,3-4,9-11H2,1-2H3,(H,18,19). The lowest BCUT2D eigenvalue weighted by Gasteiger charge is -2.21. The van der Waals surface area contributed by atoms with Crippen molar-refractivity contribution in [1.29, 1.82) is 0 Å². The van der Waals surface area contributed by atoms with E-state index in [2.05, 4.69) is 24.5 Å². The molecule has 20 heavy (non-hydrogen) atoms. The highest BCUT2D eigenvalue weighted by Crippen LogP contribution is 2.18. The van der Waals surface area contributed by atoms with Gasteiger partial charge in [-0.2, -0.15) is 0 Å². The van der Waals surface area contributed by atoms with Gasteiger partial charge in [0.2, 0.25) is 5.91 Å². The molecule has 2 rings (SSSR count). The Labute approximate surface area is 120 Å². The van der Waals surface area contributed by atoms with E-state index in [9.17, 15) is 4.79 Å². The molecule has 1 aromatic carbocycles. The van der Waals surface area contributed by atoms with Crippen LogP contribution in [0.3, 0.4) is 0 Å². The first-order valence-corrected chi connectivity index (χ1v) is 7.39. The maximum absolute atomic E-state index is 12.1. The van der Waals surface area contributed by atoms with Crippen molar-refractivity contribution >= 4 is 11.6 Å². The second-order valence-electron chi connectivity index (χ2n) is 5.76. The number of carbonyl (C=O) groups is 1. The third kappa shape index (κ3) is 4.53. The van der Waals surface area contributed by atoms with E-state index < -0.39 is 0 Å². The van der Waals surface area contributed by atoms with Crippen molar-refractivity contribution in [3.63, 3.8) is 0 Å². The molecule has 0 spiro atoms. The largest absolute Gasteiger partial charge is 0.493 e. The Morgan fingerprint density at radius 3 is 2.75 bits per heavy atom. The van der Waals surface area contributed by atoms with Crippen molar-refractivity contribution < 1.29 is 9.53 Å². The van der Waals surface area contributed by atoms with E-state index in [0.29, 0.717) is 12.5 Å². The lowest BCUT2D eigenvalue weighted by Crippen LogP contribution is -2.37. The van der Waals surface area contributed by atoms with Gasteiger partial charge in [0.05, 0.1) is 12.5 Å². The molecule has 0 bridgehead atoms. The topological polar surface area (TPSA) is 50.4 Å². The van der Waals surface area contributed by atoms with Gasteiger partial charge in [-0.3, -0.25) is 4.79 Å². The van der Waals surface area contributed by atoms with Crippen LogP contribution >= 0.6 is 0 Å². The van der Waals surface area contributed by atoms with Crippen molar-refractivity contribution in [2.75, 3.05) is 25.0 Å². The van der Waals surface area contributed by atoms with Gasteiger partial charge < -0.3 is 15.4 Å². The summed E-state index contributed by atoms with van der Waals surface area (Å²) in [5.74, 6) is 1.54. The Kier molecular flexibility index (Phi) is 5.41. The zero-order chi connectivity index (χ0) is 14.4. The molecule has 1 heterocycles. The van der Waals surface area contributed by atoms with Crippen molar-refractivity contribution in [2.45, 2.75) is 26.7 Å². The van der Waals surface area contributed by atoms with Gasteiger partial charge in [0.15, 0.2) is 0 Å². The van der Waals surface area contributed by atoms with E-state index in [1.165, 1.54) is 0 Å². The molecule has 2 N–H and O–H groups in total. The first-order valence-electron chi connectivity index (χ1n) is 7.39. The van der Waals surface area contributed by atoms with Gasteiger partial charge in [-0.1, -0.05) is 13.8 Å². The molecule has 0 aliphatic carbocycles.